The van der Waals surface area contributed by atoms with Crippen molar-refractivity contribution in [2.24, 2.45) is 0 Å². The van der Waals surface area contributed by atoms with Crippen LogP contribution in [0.4, 0.5) is 13.2 Å². The number of nitrogens with one attached hydrogen (secondary N) is 1. The molecule has 1 fully saturated rings. The summed E-state index contributed by atoms with van der Waals surface area (Å²) in [6.45, 7) is 3.68. The van der Waals surface area contributed by atoms with E-state index in [-0.39, 0.29) is 42.5 Å². The van der Waals surface area contributed by atoms with E-state index in [0.29, 0.717) is 25.8 Å². The third-order valence-electron chi connectivity index (χ3n) is 2.97. The van der Waals surface area contributed by atoms with E-state index in [1.807, 2.05) is 6.92 Å². The highest BCUT2D eigenvalue weighted by atomic mass is 35.5. The number of aromatic nitrogens is 1. The molecule has 2 heterocycles. The Morgan fingerprint density at radius 1 is 1.38 bits per heavy atom. The summed E-state index contributed by atoms with van der Waals surface area (Å²) < 4.78 is 37.1. The molecule has 9 heteroatoms. The maximum absolute atomic E-state index is 12.4. The van der Waals surface area contributed by atoms with Crippen LogP contribution in [0.3, 0.4) is 0 Å². The Bertz CT molecular complexity index is 468. The third-order valence-corrected chi connectivity index (χ3v) is 2.97. The molecule has 0 unspecified atom stereocenters. The van der Waals surface area contributed by atoms with E-state index in [9.17, 15) is 18.0 Å². The maximum atomic E-state index is 12.4. The zero-order valence-electron chi connectivity index (χ0n) is 11.2. The van der Waals surface area contributed by atoms with Crippen LogP contribution in [-0.4, -0.2) is 41.5 Å². The minimum atomic E-state index is -4.43. The average molecular weight is 346 g/mol. The lowest BCUT2D eigenvalue weighted by atomic mass is 10.2. The molecule has 1 aromatic rings. The molecule has 21 heavy (non-hydrogen) atoms. The lowest BCUT2D eigenvalue weighted by Gasteiger charge is -2.31. The van der Waals surface area contributed by atoms with E-state index in [0.717, 1.165) is 12.1 Å². The number of carbonyl (C=O) groups is 1. The number of hydrogen-bond donors (Lipinski definition) is 1. The van der Waals surface area contributed by atoms with E-state index in [2.05, 4.69) is 10.3 Å². The molecule has 0 spiro atoms. The number of nitrogens with zero attached hydrogens (tertiary/aromatic N) is 2. The molecule has 4 nitrogen and oxygen atoms in total. The molecule has 1 N–H and O–H groups in total. The number of piperazine rings is 1. The van der Waals surface area contributed by atoms with Gasteiger partial charge in [0.1, 0.15) is 5.69 Å². The second-order valence-electron chi connectivity index (χ2n) is 4.54. The Hall–Kier alpha value is -1.05. The second-order valence-corrected chi connectivity index (χ2v) is 4.54. The molecule has 2 rings (SSSR count). The highest BCUT2D eigenvalue weighted by molar-refractivity contribution is 5.92. The van der Waals surface area contributed by atoms with E-state index >= 15 is 0 Å². The highest BCUT2D eigenvalue weighted by Crippen LogP contribution is 2.28. The van der Waals surface area contributed by atoms with Crippen molar-refractivity contribution in [2.75, 3.05) is 19.6 Å². The molecule has 1 aromatic heterocycles. The van der Waals surface area contributed by atoms with Crippen LogP contribution in [0.2, 0.25) is 0 Å². The first-order chi connectivity index (χ1) is 8.88. The molecular formula is C12H16Cl2F3N3O. The summed E-state index contributed by atoms with van der Waals surface area (Å²) in [5, 5.41) is 3.18. The summed E-state index contributed by atoms with van der Waals surface area (Å²) >= 11 is 0. The van der Waals surface area contributed by atoms with Crippen LogP contribution in [0, 0.1) is 0 Å². The van der Waals surface area contributed by atoms with Crippen molar-refractivity contribution < 1.29 is 18.0 Å². The van der Waals surface area contributed by atoms with Crippen LogP contribution in [0.15, 0.2) is 18.3 Å². The van der Waals surface area contributed by atoms with Gasteiger partial charge in [0.25, 0.3) is 5.91 Å². The van der Waals surface area contributed by atoms with Crippen molar-refractivity contribution in [1.82, 2.24) is 15.2 Å². The van der Waals surface area contributed by atoms with Gasteiger partial charge in [-0.15, -0.1) is 24.8 Å². The molecule has 0 radical (unpaired) electrons. The summed E-state index contributed by atoms with van der Waals surface area (Å²) in [5.41, 5.74) is -0.806. The van der Waals surface area contributed by atoms with Crippen LogP contribution in [0.1, 0.15) is 23.0 Å². The zero-order chi connectivity index (χ0) is 14.0. The van der Waals surface area contributed by atoms with Gasteiger partial charge >= 0.3 is 6.18 Å². The van der Waals surface area contributed by atoms with Crippen LogP contribution in [0.25, 0.3) is 0 Å². The number of alkyl halides is 3. The smallest absolute Gasteiger partial charge is 0.334 e. The molecule has 120 valence electrons. The number of carbonyl (C=O) groups excluding carboxylic acids is 1. The van der Waals surface area contributed by atoms with Crippen LogP contribution in [0.5, 0.6) is 0 Å². The second kappa shape index (κ2) is 7.82. The summed E-state index contributed by atoms with van der Waals surface area (Å²) in [7, 11) is 0. The molecule has 1 amide bonds. The standard InChI is InChI=1S/C12H14F3N3O.2ClH/c1-8-7-18(5-4-16-8)11(19)10-3-2-9(6-17-10)12(13,14)15;;/h2-3,6,8,16H,4-5,7H2,1H3;2*1H/t8-;;/m1../s1. The fraction of sp³-hybridized carbons (Fsp3) is 0.500. The quantitative estimate of drug-likeness (QED) is 0.849. The van der Waals surface area contributed by atoms with Gasteiger partial charge in [0.15, 0.2) is 0 Å². The molecular weight excluding hydrogens is 330 g/mol. The van der Waals surface area contributed by atoms with Crippen molar-refractivity contribution >= 4 is 30.7 Å². The summed E-state index contributed by atoms with van der Waals surface area (Å²) in [6.07, 6.45) is -3.74. The maximum Gasteiger partial charge on any atom is 0.417 e. The van der Waals surface area contributed by atoms with Crippen molar-refractivity contribution in [3.05, 3.63) is 29.6 Å². The van der Waals surface area contributed by atoms with Gasteiger partial charge < -0.3 is 10.2 Å². The topological polar surface area (TPSA) is 45.2 Å². The summed E-state index contributed by atoms with van der Waals surface area (Å²) in [4.78, 5) is 17.3. The zero-order valence-corrected chi connectivity index (χ0v) is 12.8. The Kier molecular flexibility index (Phi) is 7.43. The SMILES string of the molecule is C[C@@H]1CN(C(=O)c2ccc(C(F)(F)F)cn2)CCN1.Cl.Cl. The van der Waals surface area contributed by atoms with Gasteiger partial charge in [-0.1, -0.05) is 0 Å². The first kappa shape index (κ1) is 19.9. The number of amides is 1. The van der Waals surface area contributed by atoms with Gasteiger partial charge in [0.2, 0.25) is 0 Å². The van der Waals surface area contributed by atoms with E-state index < -0.39 is 11.7 Å². The van der Waals surface area contributed by atoms with Gasteiger partial charge in [-0.25, -0.2) is 0 Å². The minimum Gasteiger partial charge on any atom is -0.334 e. The van der Waals surface area contributed by atoms with Crippen LogP contribution >= 0.6 is 24.8 Å². The lowest BCUT2D eigenvalue weighted by Crippen LogP contribution is -2.51. The molecule has 0 aliphatic carbocycles. The average Bonchev–Trinajstić information content (AvgIpc) is 2.37. The Morgan fingerprint density at radius 2 is 2.05 bits per heavy atom. The van der Waals surface area contributed by atoms with E-state index in [4.69, 9.17) is 0 Å². The number of pyridine rings is 1. The van der Waals surface area contributed by atoms with Crippen molar-refractivity contribution in [1.29, 1.82) is 0 Å². The van der Waals surface area contributed by atoms with Gasteiger partial charge in [-0.2, -0.15) is 13.2 Å². The lowest BCUT2D eigenvalue weighted by molar-refractivity contribution is -0.137. The third kappa shape index (κ3) is 5.01. The fourth-order valence-corrected chi connectivity index (χ4v) is 1.97. The van der Waals surface area contributed by atoms with E-state index in [1.54, 1.807) is 4.90 Å². The molecule has 0 bridgehead atoms. The van der Waals surface area contributed by atoms with Crippen molar-refractivity contribution in [3.63, 3.8) is 0 Å². The summed E-state index contributed by atoms with van der Waals surface area (Å²) in [6, 6.07) is 2.18. The Labute approximate surface area is 132 Å². The first-order valence-electron chi connectivity index (χ1n) is 5.94. The van der Waals surface area contributed by atoms with Crippen LogP contribution < -0.4 is 5.32 Å². The minimum absolute atomic E-state index is 0. The summed E-state index contributed by atoms with van der Waals surface area (Å²) in [5.74, 6) is -0.331. The van der Waals surface area contributed by atoms with Crippen molar-refractivity contribution in [2.45, 2.75) is 19.1 Å². The van der Waals surface area contributed by atoms with E-state index in [1.165, 1.54) is 0 Å². The molecule has 0 saturated carbocycles. The van der Waals surface area contributed by atoms with Crippen LogP contribution in [-0.2, 0) is 6.18 Å². The normalized spacial score (nSPS) is 18.5. The Morgan fingerprint density at radius 3 is 2.52 bits per heavy atom. The molecule has 0 aromatic carbocycles. The first-order valence-corrected chi connectivity index (χ1v) is 5.94. The van der Waals surface area contributed by atoms with Gasteiger partial charge in [-0.3, -0.25) is 9.78 Å². The van der Waals surface area contributed by atoms with Gasteiger partial charge in [0.05, 0.1) is 5.56 Å². The molecule has 1 aliphatic heterocycles. The largest absolute Gasteiger partial charge is 0.417 e. The van der Waals surface area contributed by atoms with Gasteiger partial charge in [-0.05, 0) is 19.1 Å². The number of hydrogen-bond acceptors (Lipinski definition) is 3. The molecule has 1 aliphatic rings. The fourth-order valence-electron chi connectivity index (χ4n) is 1.97. The highest BCUT2D eigenvalue weighted by Gasteiger charge is 2.31. The predicted octanol–water partition coefficient (Wildman–Crippen LogP) is 2.38. The number of halogens is 5. The molecule has 1 saturated heterocycles. The van der Waals surface area contributed by atoms with Crippen molar-refractivity contribution in [3.8, 4) is 0 Å². The monoisotopic (exact) mass is 345 g/mol. The van der Waals surface area contributed by atoms with Gasteiger partial charge in [0, 0.05) is 31.9 Å². The Balaban J connectivity index is 0.00000200. The predicted molar refractivity (Wildman–Crippen MR) is 77.1 cm³/mol. The molecule has 1 atom stereocenters. The number of rotatable bonds is 1.